The molecule has 3 amide bonds. The molecule has 0 heterocycles. The smallest absolute Gasteiger partial charge is 0.408 e. The van der Waals surface area contributed by atoms with Crippen molar-refractivity contribution in [2.24, 2.45) is 5.92 Å². The van der Waals surface area contributed by atoms with Gasteiger partial charge in [-0.05, 0) is 58.9 Å². The minimum absolute atomic E-state index is 0.124. The Morgan fingerprint density at radius 2 is 1.56 bits per heavy atom. The summed E-state index contributed by atoms with van der Waals surface area (Å²) >= 11 is 0. The fourth-order valence-corrected chi connectivity index (χ4v) is 4.54. The van der Waals surface area contributed by atoms with E-state index >= 15 is 0 Å². The highest BCUT2D eigenvalue weighted by atomic mass is 16.6. The maximum atomic E-state index is 13.6. The molecule has 1 aromatic rings. The van der Waals surface area contributed by atoms with Gasteiger partial charge < -0.3 is 20.3 Å². The van der Waals surface area contributed by atoms with Gasteiger partial charge in [-0.15, -0.1) is 0 Å². The molecule has 0 aliphatic heterocycles. The van der Waals surface area contributed by atoms with E-state index in [1.807, 2.05) is 45.9 Å². The van der Waals surface area contributed by atoms with Crippen LogP contribution in [0.15, 0.2) is 18.2 Å². The number of carbonyl (C=O) groups is 3. The topological polar surface area (TPSA) is 87.7 Å². The van der Waals surface area contributed by atoms with Gasteiger partial charge in [0.2, 0.25) is 11.8 Å². The molecule has 7 nitrogen and oxygen atoms in total. The third kappa shape index (κ3) is 8.03. The predicted molar refractivity (Wildman–Crippen MR) is 134 cm³/mol. The average Bonchev–Trinajstić information content (AvgIpc) is 2.70. The minimum Gasteiger partial charge on any atom is -0.444 e. The van der Waals surface area contributed by atoms with Crippen molar-refractivity contribution in [3.05, 3.63) is 34.9 Å². The molecule has 0 aromatic heterocycles. The molecule has 1 fully saturated rings. The number of aryl methyl sites for hydroxylation is 2. The summed E-state index contributed by atoms with van der Waals surface area (Å²) in [7, 11) is 1.64. The van der Waals surface area contributed by atoms with Crippen LogP contribution in [0.2, 0.25) is 0 Å². The second-order valence-corrected chi connectivity index (χ2v) is 11.0. The molecule has 2 rings (SSSR count). The standard InChI is InChI=1S/C27H43N3O4/c1-17(2)22(29-26(33)34-27(5,6)7)25(32)30(8)23(20-15-18(3)14-19(4)16-20)24(31)28-21-12-10-9-11-13-21/h14-17,21-23H,9-13H2,1-8H3,(H,28,31)(H,29,33). The number of nitrogens with one attached hydrogen (secondary N) is 2. The van der Waals surface area contributed by atoms with Gasteiger partial charge >= 0.3 is 6.09 Å². The maximum Gasteiger partial charge on any atom is 0.408 e. The zero-order valence-corrected chi connectivity index (χ0v) is 22.2. The van der Waals surface area contributed by atoms with E-state index in [0.29, 0.717) is 0 Å². The molecule has 0 spiro atoms. The molecule has 0 saturated heterocycles. The van der Waals surface area contributed by atoms with Crippen molar-refractivity contribution in [3.8, 4) is 0 Å². The molecular weight excluding hydrogens is 430 g/mol. The Morgan fingerprint density at radius 1 is 1.00 bits per heavy atom. The van der Waals surface area contributed by atoms with Crippen LogP contribution in [-0.2, 0) is 14.3 Å². The van der Waals surface area contributed by atoms with Crippen molar-refractivity contribution < 1.29 is 19.1 Å². The van der Waals surface area contributed by atoms with Crippen molar-refractivity contribution in [2.75, 3.05) is 7.05 Å². The molecule has 2 atom stereocenters. The van der Waals surface area contributed by atoms with Crippen LogP contribution in [0.4, 0.5) is 4.79 Å². The predicted octanol–water partition coefficient (Wildman–Crippen LogP) is 4.80. The molecule has 0 radical (unpaired) electrons. The molecule has 7 heteroatoms. The van der Waals surface area contributed by atoms with Gasteiger partial charge in [-0.1, -0.05) is 62.4 Å². The van der Waals surface area contributed by atoms with Crippen LogP contribution >= 0.6 is 0 Å². The van der Waals surface area contributed by atoms with E-state index in [-0.39, 0.29) is 23.8 Å². The Kier molecular flexibility index (Phi) is 9.54. The maximum absolute atomic E-state index is 13.6. The first-order valence-corrected chi connectivity index (χ1v) is 12.4. The summed E-state index contributed by atoms with van der Waals surface area (Å²) in [5.74, 6) is -0.708. The van der Waals surface area contributed by atoms with E-state index in [1.165, 1.54) is 11.3 Å². The first-order valence-electron chi connectivity index (χ1n) is 12.4. The van der Waals surface area contributed by atoms with Crippen molar-refractivity contribution in [2.45, 2.75) is 104 Å². The molecule has 34 heavy (non-hydrogen) atoms. The highest BCUT2D eigenvalue weighted by Gasteiger charge is 2.36. The van der Waals surface area contributed by atoms with Gasteiger partial charge in [-0.25, -0.2) is 4.79 Å². The molecule has 190 valence electrons. The summed E-state index contributed by atoms with van der Waals surface area (Å²) in [5.41, 5.74) is 2.14. The van der Waals surface area contributed by atoms with Gasteiger partial charge in [0.05, 0.1) is 0 Å². The summed E-state index contributed by atoms with van der Waals surface area (Å²) in [4.78, 5) is 41.1. The Labute approximate surface area is 205 Å². The van der Waals surface area contributed by atoms with E-state index in [4.69, 9.17) is 4.74 Å². The van der Waals surface area contributed by atoms with Crippen LogP contribution < -0.4 is 10.6 Å². The molecular formula is C27H43N3O4. The number of benzene rings is 1. The lowest BCUT2D eigenvalue weighted by atomic mass is 9.94. The van der Waals surface area contributed by atoms with Crippen molar-refractivity contribution >= 4 is 17.9 Å². The number of amides is 3. The van der Waals surface area contributed by atoms with Crippen LogP contribution in [0.5, 0.6) is 0 Å². The Morgan fingerprint density at radius 3 is 2.06 bits per heavy atom. The largest absolute Gasteiger partial charge is 0.444 e. The van der Waals surface area contributed by atoms with Crippen LogP contribution in [0.1, 0.15) is 89.5 Å². The van der Waals surface area contributed by atoms with Gasteiger partial charge in [-0.2, -0.15) is 0 Å². The van der Waals surface area contributed by atoms with Gasteiger partial charge in [0.1, 0.15) is 17.7 Å². The molecule has 2 N–H and O–H groups in total. The van der Waals surface area contributed by atoms with E-state index < -0.39 is 23.8 Å². The Balaban J connectivity index is 2.33. The molecule has 1 aromatic carbocycles. The number of carbonyl (C=O) groups excluding carboxylic acids is 3. The molecule has 1 saturated carbocycles. The Hall–Kier alpha value is -2.57. The van der Waals surface area contributed by atoms with Crippen LogP contribution in [0.25, 0.3) is 0 Å². The number of hydrogen-bond acceptors (Lipinski definition) is 4. The summed E-state index contributed by atoms with van der Waals surface area (Å²) in [5, 5.41) is 5.91. The summed E-state index contributed by atoms with van der Waals surface area (Å²) in [6.07, 6.45) is 4.65. The second-order valence-electron chi connectivity index (χ2n) is 11.0. The van der Waals surface area contributed by atoms with Crippen LogP contribution in [0.3, 0.4) is 0 Å². The highest BCUT2D eigenvalue weighted by molar-refractivity contribution is 5.92. The number of rotatable bonds is 7. The van der Waals surface area contributed by atoms with Crippen molar-refractivity contribution in [3.63, 3.8) is 0 Å². The number of hydrogen-bond donors (Lipinski definition) is 2. The first-order chi connectivity index (χ1) is 15.8. The number of likely N-dealkylation sites (N-methyl/N-ethyl adjacent to an activating group) is 1. The number of alkyl carbamates (subject to hydrolysis) is 1. The lowest BCUT2D eigenvalue weighted by Gasteiger charge is -2.34. The van der Waals surface area contributed by atoms with E-state index in [9.17, 15) is 14.4 Å². The van der Waals surface area contributed by atoms with E-state index in [2.05, 4.69) is 10.6 Å². The molecule has 1 aliphatic rings. The Bertz CT molecular complexity index is 849. The second kappa shape index (κ2) is 11.7. The van der Waals surface area contributed by atoms with Gasteiger partial charge in [0, 0.05) is 13.1 Å². The lowest BCUT2D eigenvalue weighted by molar-refractivity contribution is -0.142. The number of ether oxygens (including phenoxy) is 1. The summed E-state index contributed by atoms with van der Waals surface area (Å²) in [6.45, 7) is 13.0. The third-order valence-corrected chi connectivity index (χ3v) is 6.10. The van der Waals surface area contributed by atoms with Gasteiger partial charge in [-0.3, -0.25) is 9.59 Å². The van der Waals surface area contributed by atoms with Crippen LogP contribution in [-0.4, -0.2) is 47.5 Å². The SMILES string of the molecule is Cc1cc(C)cc(C(C(=O)NC2CCCCC2)N(C)C(=O)C(NC(=O)OC(C)(C)C)C(C)C)c1. The highest BCUT2D eigenvalue weighted by Crippen LogP contribution is 2.26. The average molecular weight is 474 g/mol. The van der Waals surface area contributed by atoms with E-state index in [0.717, 1.165) is 42.4 Å². The van der Waals surface area contributed by atoms with E-state index in [1.54, 1.807) is 27.8 Å². The fraction of sp³-hybridized carbons (Fsp3) is 0.667. The van der Waals surface area contributed by atoms with Gasteiger partial charge in [0.25, 0.3) is 0 Å². The lowest BCUT2D eigenvalue weighted by Crippen LogP contribution is -2.54. The first kappa shape index (κ1) is 27.7. The zero-order chi connectivity index (χ0) is 25.6. The number of nitrogens with zero attached hydrogens (tertiary/aromatic N) is 1. The summed E-state index contributed by atoms with van der Waals surface area (Å²) in [6, 6.07) is 4.45. The monoisotopic (exact) mass is 473 g/mol. The fourth-order valence-electron chi connectivity index (χ4n) is 4.54. The van der Waals surface area contributed by atoms with Crippen molar-refractivity contribution in [1.29, 1.82) is 0 Å². The molecule has 0 bridgehead atoms. The minimum atomic E-state index is -0.823. The third-order valence-electron chi connectivity index (χ3n) is 6.10. The van der Waals surface area contributed by atoms with Crippen molar-refractivity contribution in [1.82, 2.24) is 15.5 Å². The van der Waals surface area contributed by atoms with Gasteiger partial charge in [0.15, 0.2) is 0 Å². The van der Waals surface area contributed by atoms with Crippen LogP contribution in [0, 0.1) is 19.8 Å². The normalized spacial score (nSPS) is 16.5. The summed E-state index contributed by atoms with van der Waals surface area (Å²) < 4.78 is 5.37. The zero-order valence-electron chi connectivity index (χ0n) is 22.2. The molecule has 1 aliphatic carbocycles. The molecule has 2 unspecified atom stereocenters. The quantitative estimate of drug-likeness (QED) is 0.595.